The van der Waals surface area contributed by atoms with E-state index in [1.54, 1.807) is 6.92 Å². The molecule has 2 unspecified atom stereocenters. The first-order valence-corrected chi connectivity index (χ1v) is 7.19. The van der Waals surface area contributed by atoms with E-state index in [1.807, 2.05) is 44.2 Å². The second-order valence-electron chi connectivity index (χ2n) is 5.29. The lowest BCUT2D eigenvalue weighted by molar-refractivity contribution is 0.0892. The largest absolute Gasteiger partial charge is 0.489 e. The van der Waals surface area contributed by atoms with Crippen LogP contribution in [0.3, 0.4) is 0 Å². The molecule has 0 aliphatic carbocycles. The molecule has 0 saturated heterocycles. The Kier molecular flexibility index (Phi) is 4.99. The second-order valence-corrected chi connectivity index (χ2v) is 5.29. The zero-order valence-electron chi connectivity index (χ0n) is 12.9. The van der Waals surface area contributed by atoms with Gasteiger partial charge in [-0.15, -0.1) is 0 Å². The quantitative estimate of drug-likeness (QED) is 0.890. The van der Waals surface area contributed by atoms with Crippen molar-refractivity contribution in [2.45, 2.75) is 32.9 Å². The van der Waals surface area contributed by atoms with Crippen LogP contribution in [-0.2, 0) is 0 Å². The van der Waals surface area contributed by atoms with Crippen molar-refractivity contribution in [2.24, 2.45) is 0 Å². The van der Waals surface area contributed by atoms with Gasteiger partial charge in [0.2, 0.25) is 0 Å². The maximum absolute atomic E-state index is 12.2. The summed E-state index contributed by atoms with van der Waals surface area (Å²) in [5, 5.41) is 2.79. The summed E-state index contributed by atoms with van der Waals surface area (Å²) < 4.78 is 5.76. The first-order valence-electron chi connectivity index (χ1n) is 7.19. The van der Waals surface area contributed by atoms with Crippen molar-refractivity contribution in [2.75, 3.05) is 0 Å². The number of pyridine rings is 1. The summed E-state index contributed by atoms with van der Waals surface area (Å²) in [5.41, 5.74) is 0.525. The number of para-hydroxylation sites is 1. The summed E-state index contributed by atoms with van der Waals surface area (Å²) in [6, 6.07) is 10.6. The monoisotopic (exact) mass is 300 g/mol. The molecule has 2 rings (SSSR count). The van der Waals surface area contributed by atoms with Gasteiger partial charge in [0.1, 0.15) is 17.4 Å². The Labute approximate surface area is 129 Å². The Morgan fingerprint density at radius 3 is 2.55 bits per heavy atom. The molecule has 22 heavy (non-hydrogen) atoms. The predicted octanol–water partition coefficient (Wildman–Crippen LogP) is 2.27. The van der Waals surface area contributed by atoms with E-state index in [0.717, 1.165) is 11.4 Å². The minimum Gasteiger partial charge on any atom is -0.489 e. The summed E-state index contributed by atoms with van der Waals surface area (Å²) in [6.07, 6.45) is 1.21. The standard InChI is InChI=1S/C17H20N2O3/c1-11-9-16(20)15(10-18-11)17(21)19-12(2)13(3)22-14-7-5-4-6-8-14/h4-10,12-13H,1-3H3,(H,18,20)(H,19,21). The first-order chi connectivity index (χ1) is 10.5. The molecule has 116 valence electrons. The number of nitrogens with one attached hydrogen (secondary N) is 2. The van der Waals surface area contributed by atoms with E-state index in [0.29, 0.717) is 0 Å². The number of aromatic nitrogens is 1. The van der Waals surface area contributed by atoms with Crippen LogP contribution in [0.25, 0.3) is 0 Å². The first kappa shape index (κ1) is 15.8. The van der Waals surface area contributed by atoms with Crippen LogP contribution in [0.1, 0.15) is 29.9 Å². The van der Waals surface area contributed by atoms with E-state index in [2.05, 4.69) is 10.3 Å². The third-order valence-electron chi connectivity index (χ3n) is 3.43. The van der Waals surface area contributed by atoms with Crippen molar-refractivity contribution in [3.63, 3.8) is 0 Å². The van der Waals surface area contributed by atoms with E-state index in [9.17, 15) is 9.59 Å². The summed E-state index contributed by atoms with van der Waals surface area (Å²) >= 11 is 0. The van der Waals surface area contributed by atoms with Gasteiger partial charge in [0.25, 0.3) is 5.91 Å². The highest BCUT2D eigenvalue weighted by atomic mass is 16.5. The summed E-state index contributed by atoms with van der Waals surface area (Å²) in [4.78, 5) is 26.8. The van der Waals surface area contributed by atoms with Crippen LogP contribution in [0.5, 0.6) is 5.75 Å². The molecule has 0 aliphatic rings. The zero-order valence-corrected chi connectivity index (χ0v) is 12.9. The lowest BCUT2D eigenvalue weighted by Gasteiger charge is -2.22. The van der Waals surface area contributed by atoms with Gasteiger partial charge in [-0.3, -0.25) is 9.59 Å². The van der Waals surface area contributed by atoms with E-state index in [4.69, 9.17) is 4.74 Å². The molecule has 0 fully saturated rings. The number of carbonyl (C=O) groups excluding carboxylic acids is 1. The number of hydrogen-bond donors (Lipinski definition) is 2. The highest BCUT2D eigenvalue weighted by Gasteiger charge is 2.18. The van der Waals surface area contributed by atoms with Gasteiger partial charge in [0.15, 0.2) is 5.43 Å². The SMILES string of the molecule is Cc1cc(=O)c(C(=O)NC(C)C(C)Oc2ccccc2)c[nH]1. The van der Waals surface area contributed by atoms with E-state index in [-0.39, 0.29) is 23.1 Å². The molecule has 1 aromatic carbocycles. The van der Waals surface area contributed by atoms with Crippen LogP contribution in [0.15, 0.2) is 47.4 Å². The molecule has 2 N–H and O–H groups in total. The molecule has 1 amide bonds. The minimum atomic E-state index is -0.405. The van der Waals surface area contributed by atoms with Gasteiger partial charge in [0, 0.05) is 18.0 Å². The average molecular weight is 300 g/mol. The lowest BCUT2D eigenvalue weighted by Crippen LogP contribution is -2.43. The maximum atomic E-state index is 12.2. The molecule has 2 atom stereocenters. The molecule has 1 aromatic heterocycles. The fourth-order valence-corrected chi connectivity index (χ4v) is 1.97. The Morgan fingerprint density at radius 1 is 1.23 bits per heavy atom. The smallest absolute Gasteiger partial charge is 0.257 e. The fraction of sp³-hybridized carbons (Fsp3) is 0.294. The molecule has 0 radical (unpaired) electrons. The van der Waals surface area contributed by atoms with Crippen molar-refractivity contribution in [3.05, 3.63) is 64.1 Å². The van der Waals surface area contributed by atoms with Crippen LogP contribution in [0.2, 0.25) is 0 Å². The lowest BCUT2D eigenvalue weighted by atomic mass is 10.1. The van der Waals surface area contributed by atoms with Crippen LogP contribution >= 0.6 is 0 Å². The summed E-state index contributed by atoms with van der Waals surface area (Å²) in [5.74, 6) is 0.335. The minimum absolute atomic E-state index is 0.101. The number of ether oxygens (including phenoxy) is 1. The fourth-order valence-electron chi connectivity index (χ4n) is 1.97. The maximum Gasteiger partial charge on any atom is 0.257 e. The van der Waals surface area contributed by atoms with Gasteiger partial charge in [-0.25, -0.2) is 0 Å². The number of carbonyl (C=O) groups is 1. The van der Waals surface area contributed by atoms with Crippen molar-refractivity contribution < 1.29 is 9.53 Å². The summed E-state index contributed by atoms with van der Waals surface area (Å²) in [6.45, 7) is 5.48. The number of hydrogen-bond acceptors (Lipinski definition) is 3. The van der Waals surface area contributed by atoms with Gasteiger partial charge in [-0.2, -0.15) is 0 Å². The van der Waals surface area contributed by atoms with Crippen molar-refractivity contribution >= 4 is 5.91 Å². The summed E-state index contributed by atoms with van der Waals surface area (Å²) in [7, 11) is 0. The molecular weight excluding hydrogens is 280 g/mol. The van der Waals surface area contributed by atoms with Crippen LogP contribution in [-0.4, -0.2) is 23.0 Å². The number of rotatable bonds is 5. The highest BCUT2D eigenvalue weighted by molar-refractivity contribution is 5.94. The zero-order chi connectivity index (χ0) is 16.1. The molecule has 0 saturated carbocycles. The molecule has 5 heteroatoms. The third kappa shape index (κ3) is 3.97. The number of benzene rings is 1. The predicted molar refractivity (Wildman–Crippen MR) is 85.3 cm³/mol. The van der Waals surface area contributed by atoms with Crippen molar-refractivity contribution in [1.29, 1.82) is 0 Å². The van der Waals surface area contributed by atoms with E-state index >= 15 is 0 Å². The van der Waals surface area contributed by atoms with Crippen molar-refractivity contribution in [3.8, 4) is 5.75 Å². The molecule has 1 heterocycles. The molecule has 5 nitrogen and oxygen atoms in total. The molecule has 0 aliphatic heterocycles. The number of H-pyrrole nitrogens is 1. The van der Waals surface area contributed by atoms with Gasteiger partial charge >= 0.3 is 0 Å². The van der Waals surface area contributed by atoms with Gasteiger partial charge in [-0.1, -0.05) is 18.2 Å². The third-order valence-corrected chi connectivity index (χ3v) is 3.43. The molecule has 0 spiro atoms. The van der Waals surface area contributed by atoms with Crippen LogP contribution in [0.4, 0.5) is 0 Å². The Morgan fingerprint density at radius 2 is 1.91 bits per heavy atom. The molecule has 0 bridgehead atoms. The Hall–Kier alpha value is -2.56. The van der Waals surface area contributed by atoms with Gasteiger partial charge in [0.05, 0.1) is 6.04 Å². The Bertz CT molecular complexity index is 695. The number of amides is 1. The van der Waals surface area contributed by atoms with E-state index < -0.39 is 5.91 Å². The normalized spacial score (nSPS) is 13.2. The molecule has 2 aromatic rings. The van der Waals surface area contributed by atoms with Gasteiger partial charge < -0.3 is 15.0 Å². The van der Waals surface area contributed by atoms with E-state index in [1.165, 1.54) is 12.3 Å². The van der Waals surface area contributed by atoms with Crippen molar-refractivity contribution in [1.82, 2.24) is 10.3 Å². The molecular formula is C17H20N2O3. The van der Waals surface area contributed by atoms with Crippen LogP contribution < -0.4 is 15.5 Å². The second kappa shape index (κ2) is 6.93. The Balaban J connectivity index is 2.00. The topological polar surface area (TPSA) is 71.2 Å². The average Bonchev–Trinajstić information content (AvgIpc) is 2.47. The highest BCUT2D eigenvalue weighted by Crippen LogP contribution is 2.12. The van der Waals surface area contributed by atoms with Crippen LogP contribution in [0, 0.1) is 6.92 Å². The number of aryl methyl sites for hydroxylation is 1. The van der Waals surface area contributed by atoms with Gasteiger partial charge in [-0.05, 0) is 32.9 Å². The number of aromatic amines is 1.